The van der Waals surface area contributed by atoms with Crippen molar-refractivity contribution in [3.63, 3.8) is 0 Å². The number of aliphatic hydroxyl groups is 1. The number of imide groups is 1. The highest BCUT2D eigenvalue weighted by molar-refractivity contribution is 6.83. The molecular weight excluding hydrogens is 406 g/mol. The first kappa shape index (κ1) is 27.9. The topological polar surface area (TPSA) is 102 Å². The Morgan fingerprint density at radius 1 is 0.933 bits per heavy atom. The Labute approximate surface area is 181 Å². The van der Waals surface area contributed by atoms with E-state index in [0.29, 0.717) is 4.90 Å². The Morgan fingerprint density at radius 3 is 1.70 bits per heavy atom. The highest BCUT2D eigenvalue weighted by Gasteiger charge is 2.40. The van der Waals surface area contributed by atoms with Crippen molar-refractivity contribution >= 4 is 26.2 Å². The molecule has 0 heterocycles. The fourth-order valence-corrected chi connectivity index (χ4v) is 2.73. The van der Waals surface area contributed by atoms with E-state index in [4.69, 9.17) is 14.2 Å². The Bertz CT molecular complexity index is 647. The zero-order valence-electron chi connectivity index (χ0n) is 19.9. The van der Waals surface area contributed by atoms with E-state index in [0.717, 1.165) is 7.11 Å². The zero-order valence-corrected chi connectivity index (χ0v) is 20.9. The minimum Gasteiger partial charge on any atom is -0.467 e. The molecule has 0 bridgehead atoms. The van der Waals surface area contributed by atoms with Gasteiger partial charge in [0.1, 0.15) is 31.4 Å². The summed E-state index contributed by atoms with van der Waals surface area (Å²) in [6.45, 7) is 16.0. The molecule has 0 saturated heterocycles. The fraction of sp³-hybridized carbons (Fsp3) is 0.762. The predicted octanol–water partition coefficient (Wildman–Crippen LogP) is 3.72. The van der Waals surface area contributed by atoms with Crippen LogP contribution < -0.4 is 0 Å². The molecule has 0 aliphatic heterocycles. The van der Waals surface area contributed by atoms with Crippen LogP contribution in [0.1, 0.15) is 54.4 Å². The molecule has 30 heavy (non-hydrogen) atoms. The van der Waals surface area contributed by atoms with Gasteiger partial charge in [-0.1, -0.05) is 25.6 Å². The van der Waals surface area contributed by atoms with Crippen LogP contribution in [0.15, 0.2) is 0 Å². The number of amides is 2. The molecule has 0 saturated carbocycles. The average molecular weight is 444 g/mol. The van der Waals surface area contributed by atoms with Gasteiger partial charge >= 0.3 is 18.2 Å². The number of methoxy groups -OCH3 is 1. The summed E-state index contributed by atoms with van der Waals surface area (Å²) in [4.78, 5) is 38.6. The second-order valence-electron chi connectivity index (χ2n) is 9.98. The molecule has 2 amide bonds. The first-order valence-corrected chi connectivity index (χ1v) is 13.4. The molecule has 0 aromatic heterocycles. The second kappa shape index (κ2) is 10.8. The van der Waals surface area contributed by atoms with E-state index in [1.54, 1.807) is 41.5 Å². The minimum atomic E-state index is -1.69. The largest absolute Gasteiger partial charge is 0.467 e. The summed E-state index contributed by atoms with van der Waals surface area (Å²) in [7, 11) is -0.536. The molecule has 0 radical (unpaired) electrons. The van der Waals surface area contributed by atoms with E-state index >= 15 is 0 Å². The van der Waals surface area contributed by atoms with Crippen LogP contribution in [0.3, 0.4) is 0 Å². The first-order chi connectivity index (χ1) is 13.4. The molecule has 1 N–H and O–H groups in total. The van der Waals surface area contributed by atoms with Crippen molar-refractivity contribution in [2.45, 2.75) is 97.4 Å². The van der Waals surface area contributed by atoms with E-state index in [9.17, 15) is 19.5 Å². The van der Waals surface area contributed by atoms with Gasteiger partial charge in [0.25, 0.3) is 0 Å². The molecule has 172 valence electrons. The quantitative estimate of drug-likeness (QED) is 0.299. The van der Waals surface area contributed by atoms with Crippen LogP contribution >= 0.6 is 0 Å². The molecular formula is C21H37NO7Si. The number of carbonyl (C=O) groups excluding carboxylic acids is 3. The lowest BCUT2D eigenvalue weighted by Crippen LogP contribution is -2.52. The van der Waals surface area contributed by atoms with Crippen molar-refractivity contribution in [1.82, 2.24) is 4.90 Å². The van der Waals surface area contributed by atoms with Gasteiger partial charge in [0.05, 0.1) is 7.11 Å². The van der Waals surface area contributed by atoms with E-state index in [-0.39, 0.29) is 12.8 Å². The number of nitrogens with zero attached hydrogens (tertiary/aromatic N) is 1. The molecule has 1 unspecified atom stereocenters. The first-order valence-electron chi connectivity index (χ1n) is 9.90. The molecule has 0 aliphatic rings. The number of ether oxygens (including phenoxy) is 3. The highest BCUT2D eigenvalue weighted by Crippen LogP contribution is 2.20. The van der Waals surface area contributed by atoms with Gasteiger partial charge in [-0.3, -0.25) is 0 Å². The normalized spacial score (nSPS) is 14.0. The summed E-state index contributed by atoms with van der Waals surface area (Å²) >= 11 is 0. The molecule has 0 fully saturated rings. The molecule has 0 aromatic carbocycles. The summed E-state index contributed by atoms with van der Waals surface area (Å²) in [6, 6.07) is -1.33. The molecule has 0 aliphatic carbocycles. The van der Waals surface area contributed by atoms with Crippen LogP contribution in [0.4, 0.5) is 9.59 Å². The SMILES string of the molecule is COC(=O)[C@H](CCC(O)C#C[Si](C)(C)C)N(C(=O)OC(C)(C)C)C(=O)OC(C)(C)C. The van der Waals surface area contributed by atoms with Crippen LogP contribution in [0.25, 0.3) is 0 Å². The molecule has 8 nitrogen and oxygen atoms in total. The van der Waals surface area contributed by atoms with Crippen molar-refractivity contribution in [2.75, 3.05) is 7.11 Å². The maximum absolute atomic E-state index is 12.8. The number of rotatable bonds is 5. The minimum absolute atomic E-state index is 0.0549. The number of carbonyl (C=O) groups is 3. The number of esters is 1. The third-order valence-corrected chi connectivity index (χ3v) is 4.19. The van der Waals surface area contributed by atoms with Crippen LogP contribution in [0.5, 0.6) is 0 Å². The van der Waals surface area contributed by atoms with E-state index < -0.39 is 49.6 Å². The smallest absolute Gasteiger partial charge is 0.420 e. The van der Waals surface area contributed by atoms with E-state index in [1.807, 2.05) is 19.6 Å². The van der Waals surface area contributed by atoms with Gasteiger partial charge in [-0.25, -0.2) is 14.4 Å². The van der Waals surface area contributed by atoms with Crippen molar-refractivity contribution in [3.8, 4) is 11.5 Å². The van der Waals surface area contributed by atoms with Gasteiger partial charge in [-0.05, 0) is 54.4 Å². The predicted molar refractivity (Wildman–Crippen MR) is 116 cm³/mol. The molecule has 9 heteroatoms. The van der Waals surface area contributed by atoms with Gasteiger partial charge in [0.2, 0.25) is 0 Å². The lowest BCUT2D eigenvalue weighted by atomic mass is 10.1. The van der Waals surface area contributed by atoms with Gasteiger partial charge in [-0.2, -0.15) is 4.90 Å². The van der Waals surface area contributed by atoms with Crippen molar-refractivity contribution in [3.05, 3.63) is 0 Å². The summed E-state index contributed by atoms with van der Waals surface area (Å²) in [5.41, 5.74) is 1.25. The van der Waals surface area contributed by atoms with Gasteiger partial charge in [0, 0.05) is 0 Å². The van der Waals surface area contributed by atoms with Crippen LogP contribution in [0, 0.1) is 11.5 Å². The van der Waals surface area contributed by atoms with E-state index in [2.05, 4.69) is 11.5 Å². The monoisotopic (exact) mass is 443 g/mol. The molecule has 0 rings (SSSR count). The lowest BCUT2D eigenvalue weighted by Gasteiger charge is -2.32. The van der Waals surface area contributed by atoms with Gasteiger partial charge in [0.15, 0.2) is 0 Å². The third-order valence-electron chi connectivity index (χ3n) is 3.29. The van der Waals surface area contributed by atoms with Crippen LogP contribution in [-0.4, -0.2) is 66.7 Å². The lowest BCUT2D eigenvalue weighted by molar-refractivity contribution is -0.147. The summed E-state index contributed by atoms with van der Waals surface area (Å²) in [5.74, 6) is 1.95. The summed E-state index contributed by atoms with van der Waals surface area (Å²) < 4.78 is 15.4. The summed E-state index contributed by atoms with van der Waals surface area (Å²) in [5, 5.41) is 10.2. The highest BCUT2D eigenvalue weighted by atomic mass is 28.3. The van der Waals surface area contributed by atoms with Gasteiger partial charge in [-0.15, -0.1) is 5.54 Å². The third kappa shape index (κ3) is 11.8. The van der Waals surface area contributed by atoms with E-state index in [1.165, 1.54) is 0 Å². The van der Waals surface area contributed by atoms with Crippen molar-refractivity contribution in [2.24, 2.45) is 0 Å². The van der Waals surface area contributed by atoms with Crippen LogP contribution in [0.2, 0.25) is 19.6 Å². The van der Waals surface area contributed by atoms with Gasteiger partial charge < -0.3 is 19.3 Å². The fourth-order valence-electron chi connectivity index (χ4n) is 2.13. The standard InChI is InChI=1S/C21H37NO7Si/c1-20(2,3)28-18(25)22(19(26)29-21(4,5)6)16(17(24)27-7)12-11-15(23)13-14-30(8,9)10/h15-16,23H,11-12H2,1-10H3/t15?,16-/m0/s1. The number of hydrogen-bond donors (Lipinski definition) is 1. The summed E-state index contributed by atoms with van der Waals surface area (Å²) in [6.07, 6.45) is -3.08. The number of hydrogen-bond acceptors (Lipinski definition) is 7. The maximum Gasteiger partial charge on any atom is 0.420 e. The Hall–Kier alpha value is -2.05. The van der Waals surface area contributed by atoms with Crippen molar-refractivity contribution in [1.29, 1.82) is 0 Å². The number of aliphatic hydroxyl groups excluding tert-OH is 1. The molecule has 0 aromatic rings. The molecule has 0 spiro atoms. The Morgan fingerprint density at radius 2 is 1.37 bits per heavy atom. The van der Waals surface area contributed by atoms with Crippen molar-refractivity contribution < 1.29 is 33.7 Å². The average Bonchev–Trinajstić information content (AvgIpc) is 2.51. The Kier molecular flexibility index (Phi) is 10.1. The van der Waals surface area contributed by atoms with Crippen LogP contribution in [-0.2, 0) is 19.0 Å². The Balaban J connectivity index is 5.82. The second-order valence-corrected chi connectivity index (χ2v) is 14.7. The molecule has 2 atom stereocenters. The zero-order chi connectivity index (χ0) is 23.9. The maximum atomic E-state index is 12.8.